The summed E-state index contributed by atoms with van der Waals surface area (Å²) in [5, 5.41) is 8.90. The molecule has 0 aliphatic carbocycles. The van der Waals surface area contributed by atoms with Crippen molar-refractivity contribution in [2.75, 3.05) is 19.6 Å². The molecule has 7 nitrogen and oxygen atoms in total. The second-order valence-corrected chi connectivity index (χ2v) is 5.07. The average Bonchev–Trinajstić information content (AvgIpc) is 2.34. The molecule has 0 bridgehead atoms. The molecule has 1 aliphatic rings. The SMILES string of the molecule is CC(C)N(CC(N)=O)C(=O)N1CCC(C(=O)O)CC1. The molecule has 19 heavy (non-hydrogen) atoms. The van der Waals surface area contributed by atoms with Crippen molar-refractivity contribution < 1.29 is 19.5 Å². The van der Waals surface area contributed by atoms with Gasteiger partial charge in [0, 0.05) is 19.1 Å². The number of urea groups is 1. The van der Waals surface area contributed by atoms with Gasteiger partial charge in [0.25, 0.3) is 0 Å². The summed E-state index contributed by atoms with van der Waals surface area (Å²) in [6, 6.07) is -0.380. The van der Waals surface area contributed by atoms with E-state index in [1.807, 2.05) is 13.8 Å². The zero-order valence-electron chi connectivity index (χ0n) is 11.3. The highest BCUT2D eigenvalue weighted by molar-refractivity contribution is 5.83. The third-order valence-corrected chi connectivity index (χ3v) is 3.31. The maximum Gasteiger partial charge on any atom is 0.320 e. The Labute approximate surface area is 112 Å². The Morgan fingerprint density at radius 1 is 1.32 bits per heavy atom. The Kier molecular flexibility index (Phi) is 5.14. The number of carbonyl (C=O) groups excluding carboxylic acids is 2. The topological polar surface area (TPSA) is 104 Å². The molecule has 108 valence electrons. The molecule has 0 saturated carbocycles. The lowest BCUT2D eigenvalue weighted by Gasteiger charge is -2.36. The van der Waals surface area contributed by atoms with E-state index in [9.17, 15) is 14.4 Å². The molecular weight excluding hydrogens is 250 g/mol. The van der Waals surface area contributed by atoms with E-state index in [1.165, 1.54) is 4.90 Å². The molecule has 0 aromatic rings. The molecule has 0 radical (unpaired) electrons. The van der Waals surface area contributed by atoms with Crippen LogP contribution in [0.15, 0.2) is 0 Å². The van der Waals surface area contributed by atoms with Crippen LogP contribution in [0, 0.1) is 5.92 Å². The largest absolute Gasteiger partial charge is 0.481 e. The van der Waals surface area contributed by atoms with Gasteiger partial charge in [0.05, 0.1) is 5.92 Å². The lowest BCUT2D eigenvalue weighted by molar-refractivity contribution is -0.143. The van der Waals surface area contributed by atoms with Crippen LogP contribution in [-0.2, 0) is 9.59 Å². The summed E-state index contributed by atoms with van der Waals surface area (Å²) >= 11 is 0. The van der Waals surface area contributed by atoms with Crippen molar-refractivity contribution in [2.24, 2.45) is 11.7 Å². The maximum atomic E-state index is 12.2. The van der Waals surface area contributed by atoms with Crippen molar-refractivity contribution in [3.63, 3.8) is 0 Å². The van der Waals surface area contributed by atoms with E-state index < -0.39 is 11.9 Å². The highest BCUT2D eigenvalue weighted by Gasteiger charge is 2.30. The van der Waals surface area contributed by atoms with Crippen molar-refractivity contribution in [1.29, 1.82) is 0 Å². The first-order chi connectivity index (χ1) is 8.82. The first-order valence-electron chi connectivity index (χ1n) is 6.39. The normalized spacial score (nSPS) is 16.5. The summed E-state index contributed by atoms with van der Waals surface area (Å²) in [4.78, 5) is 37.1. The number of amides is 3. The second kappa shape index (κ2) is 6.40. The molecule has 0 aromatic heterocycles. The molecule has 3 N–H and O–H groups in total. The number of carbonyl (C=O) groups is 3. The van der Waals surface area contributed by atoms with Crippen LogP contribution in [0.1, 0.15) is 26.7 Å². The van der Waals surface area contributed by atoms with E-state index in [4.69, 9.17) is 10.8 Å². The van der Waals surface area contributed by atoms with E-state index in [1.54, 1.807) is 4.90 Å². The molecule has 0 unspecified atom stereocenters. The molecule has 7 heteroatoms. The minimum atomic E-state index is -0.815. The van der Waals surface area contributed by atoms with E-state index in [2.05, 4.69) is 0 Å². The van der Waals surface area contributed by atoms with Gasteiger partial charge in [0.2, 0.25) is 5.91 Å². The molecule has 0 aromatic carbocycles. The monoisotopic (exact) mass is 271 g/mol. The van der Waals surface area contributed by atoms with Crippen molar-refractivity contribution >= 4 is 17.9 Å². The molecule has 0 spiro atoms. The molecule has 1 heterocycles. The van der Waals surface area contributed by atoms with Crippen LogP contribution in [0.5, 0.6) is 0 Å². The quantitative estimate of drug-likeness (QED) is 0.756. The number of aliphatic carboxylic acids is 1. The fourth-order valence-corrected chi connectivity index (χ4v) is 2.14. The first-order valence-corrected chi connectivity index (χ1v) is 6.39. The predicted octanol–water partition coefficient (Wildman–Crippen LogP) is 0.0987. The van der Waals surface area contributed by atoms with Gasteiger partial charge < -0.3 is 20.6 Å². The fourth-order valence-electron chi connectivity index (χ4n) is 2.14. The number of nitrogens with zero attached hydrogens (tertiary/aromatic N) is 2. The number of piperidine rings is 1. The van der Waals surface area contributed by atoms with E-state index in [0.717, 1.165) is 0 Å². The standard InChI is InChI=1S/C12H21N3O4/c1-8(2)15(7-10(13)16)12(19)14-5-3-9(4-6-14)11(17)18/h8-9H,3-7H2,1-2H3,(H2,13,16)(H,17,18). The smallest absolute Gasteiger partial charge is 0.320 e. The number of hydrogen-bond acceptors (Lipinski definition) is 3. The lowest BCUT2D eigenvalue weighted by Crippen LogP contribution is -2.52. The van der Waals surface area contributed by atoms with Crippen LogP contribution < -0.4 is 5.73 Å². The zero-order chi connectivity index (χ0) is 14.6. The van der Waals surface area contributed by atoms with E-state index in [0.29, 0.717) is 25.9 Å². The summed E-state index contributed by atoms with van der Waals surface area (Å²) in [7, 11) is 0. The number of hydrogen-bond donors (Lipinski definition) is 2. The minimum Gasteiger partial charge on any atom is -0.481 e. The van der Waals surface area contributed by atoms with Gasteiger partial charge in [0.15, 0.2) is 0 Å². The molecule has 1 aliphatic heterocycles. The summed E-state index contributed by atoms with van der Waals surface area (Å²) in [5.41, 5.74) is 5.13. The summed E-state index contributed by atoms with van der Waals surface area (Å²) in [6.07, 6.45) is 0.896. The second-order valence-electron chi connectivity index (χ2n) is 5.07. The zero-order valence-corrected chi connectivity index (χ0v) is 11.3. The Bertz CT molecular complexity index is 362. The highest BCUT2D eigenvalue weighted by atomic mass is 16.4. The Hall–Kier alpha value is -1.79. The van der Waals surface area contributed by atoms with E-state index in [-0.39, 0.29) is 24.5 Å². The van der Waals surface area contributed by atoms with Crippen LogP contribution in [0.3, 0.4) is 0 Å². The molecule has 3 amide bonds. The number of rotatable bonds is 4. The number of likely N-dealkylation sites (tertiary alicyclic amines) is 1. The first kappa shape index (κ1) is 15.3. The number of primary amides is 1. The van der Waals surface area contributed by atoms with Gasteiger partial charge >= 0.3 is 12.0 Å². The highest BCUT2D eigenvalue weighted by Crippen LogP contribution is 2.19. The molecule has 0 atom stereocenters. The van der Waals surface area contributed by atoms with Gasteiger partial charge in [-0.25, -0.2) is 4.79 Å². The van der Waals surface area contributed by atoms with Crippen LogP contribution in [-0.4, -0.2) is 58.5 Å². The van der Waals surface area contributed by atoms with Gasteiger partial charge in [-0.05, 0) is 26.7 Å². The van der Waals surface area contributed by atoms with Crippen LogP contribution in [0.2, 0.25) is 0 Å². The average molecular weight is 271 g/mol. The summed E-state index contributed by atoms with van der Waals surface area (Å²) in [5.74, 6) is -1.75. The third-order valence-electron chi connectivity index (χ3n) is 3.31. The van der Waals surface area contributed by atoms with Gasteiger partial charge in [-0.3, -0.25) is 9.59 Å². The van der Waals surface area contributed by atoms with Crippen molar-refractivity contribution in [1.82, 2.24) is 9.80 Å². The Morgan fingerprint density at radius 2 is 1.84 bits per heavy atom. The Morgan fingerprint density at radius 3 is 2.21 bits per heavy atom. The molecular formula is C12H21N3O4. The van der Waals surface area contributed by atoms with Crippen molar-refractivity contribution in [2.45, 2.75) is 32.7 Å². The predicted molar refractivity (Wildman–Crippen MR) is 68.4 cm³/mol. The van der Waals surface area contributed by atoms with Gasteiger partial charge in [-0.15, -0.1) is 0 Å². The lowest BCUT2D eigenvalue weighted by atomic mass is 9.97. The summed E-state index contributed by atoms with van der Waals surface area (Å²) in [6.45, 7) is 4.31. The van der Waals surface area contributed by atoms with Gasteiger partial charge in [0.1, 0.15) is 6.54 Å². The molecule has 1 rings (SSSR count). The molecule has 1 saturated heterocycles. The van der Waals surface area contributed by atoms with Crippen LogP contribution >= 0.6 is 0 Å². The maximum absolute atomic E-state index is 12.2. The van der Waals surface area contributed by atoms with Gasteiger partial charge in [-0.1, -0.05) is 0 Å². The Balaban J connectivity index is 2.61. The number of carboxylic acids is 1. The van der Waals surface area contributed by atoms with Crippen molar-refractivity contribution in [3.05, 3.63) is 0 Å². The minimum absolute atomic E-state index is 0.116. The number of nitrogens with two attached hydrogens (primary N) is 1. The van der Waals surface area contributed by atoms with Crippen molar-refractivity contribution in [3.8, 4) is 0 Å². The fraction of sp³-hybridized carbons (Fsp3) is 0.750. The van der Waals surface area contributed by atoms with Crippen LogP contribution in [0.25, 0.3) is 0 Å². The third kappa shape index (κ3) is 4.11. The summed E-state index contributed by atoms with van der Waals surface area (Å²) < 4.78 is 0. The number of carboxylic acid groups (broad SMARTS) is 1. The van der Waals surface area contributed by atoms with Crippen LogP contribution in [0.4, 0.5) is 4.79 Å². The molecule has 1 fully saturated rings. The van der Waals surface area contributed by atoms with Gasteiger partial charge in [-0.2, -0.15) is 0 Å². The van der Waals surface area contributed by atoms with E-state index >= 15 is 0 Å².